The predicted molar refractivity (Wildman–Crippen MR) is 91.2 cm³/mol. The van der Waals surface area contributed by atoms with Crippen LogP contribution >= 0.6 is 0 Å². The first-order valence-electron chi connectivity index (χ1n) is 7.77. The Morgan fingerprint density at radius 1 is 1.10 bits per heavy atom. The maximum Gasteiger partial charge on any atom is 0.224 e. The summed E-state index contributed by atoms with van der Waals surface area (Å²) >= 11 is 0. The smallest absolute Gasteiger partial charge is 0.224 e. The Morgan fingerprint density at radius 3 is 2.38 bits per heavy atom. The molecule has 0 saturated heterocycles. The zero-order valence-corrected chi connectivity index (χ0v) is 13.3. The van der Waals surface area contributed by atoms with E-state index in [9.17, 15) is 0 Å². The number of nitrogens with zero attached hydrogens (tertiary/aromatic N) is 3. The van der Waals surface area contributed by atoms with E-state index in [4.69, 9.17) is 4.99 Å². The molecule has 4 heteroatoms. The lowest BCUT2D eigenvalue weighted by molar-refractivity contribution is 0.443. The van der Waals surface area contributed by atoms with Crippen LogP contribution in [0, 0.1) is 0 Å². The summed E-state index contributed by atoms with van der Waals surface area (Å²) in [6.07, 6.45) is 6.26. The molecule has 0 atom stereocenters. The lowest BCUT2D eigenvalue weighted by Crippen LogP contribution is -2.23. The quantitative estimate of drug-likeness (QED) is 0.664. The minimum atomic E-state index is 0.406. The molecular weight excluding hydrogens is 260 g/mol. The molecule has 21 heavy (non-hydrogen) atoms. The second kappa shape index (κ2) is 7.81. The summed E-state index contributed by atoms with van der Waals surface area (Å²) in [5.74, 6) is 1.67. The molecule has 1 aromatic rings. The summed E-state index contributed by atoms with van der Waals surface area (Å²) in [6, 6.07) is 10.5. The van der Waals surface area contributed by atoms with Gasteiger partial charge in [-0.2, -0.15) is 0 Å². The number of amidine groups is 1. The van der Waals surface area contributed by atoms with Gasteiger partial charge in [-0.3, -0.25) is 0 Å². The first-order valence-corrected chi connectivity index (χ1v) is 7.77. The fourth-order valence-electron chi connectivity index (χ4n) is 2.38. The van der Waals surface area contributed by atoms with Crippen molar-refractivity contribution in [2.75, 3.05) is 19.4 Å². The number of guanidine groups is 1. The van der Waals surface area contributed by atoms with Crippen molar-refractivity contribution >= 4 is 17.5 Å². The Balaban J connectivity index is 2.17. The van der Waals surface area contributed by atoms with E-state index in [-0.39, 0.29) is 0 Å². The van der Waals surface area contributed by atoms with Crippen LogP contribution in [0.1, 0.15) is 39.0 Å². The Morgan fingerprint density at radius 2 is 1.76 bits per heavy atom. The Hall–Kier alpha value is -1.84. The Kier molecular flexibility index (Phi) is 5.78. The molecule has 0 heterocycles. The van der Waals surface area contributed by atoms with Crippen LogP contribution < -0.4 is 5.32 Å². The van der Waals surface area contributed by atoms with E-state index >= 15 is 0 Å². The molecule has 1 aliphatic rings. The van der Waals surface area contributed by atoms with Crippen LogP contribution in [0.5, 0.6) is 0 Å². The van der Waals surface area contributed by atoms with Crippen molar-refractivity contribution in [3.8, 4) is 0 Å². The van der Waals surface area contributed by atoms with Gasteiger partial charge in [0.05, 0.1) is 6.04 Å². The number of hydrogen-bond acceptors (Lipinski definition) is 1. The highest BCUT2D eigenvalue weighted by molar-refractivity contribution is 6.02. The zero-order valence-electron chi connectivity index (χ0n) is 13.3. The summed E-state index contributed by atoms with van der Waals surface area (Å²) in [7, 11) is 4.00. The standard InChI is InChI=1S/C17H26N4/c1-14(21(2)3)18-17(19-15-10-6-4-7-11-15)20-16-12-8-5-9-13-16/h4,6-7,10-11,16H,5,8-9,12-13H2,1-3H3,(H,19,20). The minimum Gasteiger partial charge on any atom is -0.366 e. The van der Waals surface area contributed by atoms with Crippen molar-refractivity contribution in [1.29, 1.82) is 0 Å². The molecule has 114 valence electrons. The van der Waals surface area contributed by atoms with Gasteiger partial charge in [0.1, 0.15) is 5.84 Å². The summed E-state index contributed by atoms with van der Waals surface area (Å²) in [5.41, 5.74) is 1.03. The second-order valence-corrected chi connectivity index (χ2v) is 5.79. The van der Waals surface area contributed by atoms with Gasteiger partial charge in [-0.1, -0.05) is 37.5 Å². The van der Waals surface area contributed by atoms with Gasteiger partial charge in [-0.15, -0.1) is 0 Å². The van der Waals surface area contributed by atoms with Crippen molar-refractivity contribution < 1.29 is 0 Å². The molecular formula is C17H26N4. The van der Waals surface area contributed by atoms with Crippen LogP contribution in [0.3, 0.4) is 0 Å². The molecule has 0 unspecified atom stereocenters. The van der Waals surface area contributed by atoms with Crippen LogP contribution in [0.25, 0.3) is 0 Å². The first kappa shape index (κ1) is 15.5. The van der Waals surface area contributed by atoms with Gasteiger partial charge in [0, 0.05) is 19.8 Å². The van der Waals surface area contributed by atoms with Crippen LogP contribution in [0.2, 0.25) is 0 Å². The van der Waals surface area contributed by atoms with Crippen molar-refractivity contribution in [3.63, 3.8) is 0 Å². The van der Waals surface area contributed by atoms with Crippen LogP contribution in [0.4, 0.5) is 5.69 Å². The van der Waals surface area contributed by atoms with E-state index in [0.29, 0.717) is 6.04 Å². The van der Waals surface area contributed by atoms with E-state index in [2.05, 4.69) is 10.3 Å². The predicted octanol–water partition coefficient (Wildman–Crippen LogP) is 3.77. The van der Waals surface area contributed by atoms with Gasteiger partial charge in [0.15, 0.2) is 0 Å². The van der Waals surface area contributed by atoms with Crippen molar-refractivity contribution in [3.05, 3.63) is 30.3 Å². The molecule has 0 aromatic heterocycles. The average molecular weight is 286 g/mol. The van der Waals surface area contributed by atoms with Crippen LogP contribution in [0.15, 0.2) is 40.3 Å². The third-order valence-corrected chi connectivity index (χ3v) is 3.82. The maximum atomic E-state index is 4.84. The fraction of sp³-hybridized carbons (Fsp3) is 0.529. The molecule has 1 fully saturated rings. The van der Waals surface area contributed by atoms with Gasteiger partial charge in [0.2, 0.25) is 5.96 Å². The van der Waals surface area contributed by atoms with Crippen LogP contribution in [-0.2, 0) is 0 Å². The minimum absolute atomic E-state index is 0.406. The van der Waals surface area contributed by atoms with Gasteiger partial charge in [-0.25, -0.2) is 9.98 Å². The van der Waals surface area contributed by atoms with E-state index < -0.39 is 0 Å². The highest BCUT2D eigenvalue weighted by Crippen LogP contribution is 2.20. The molecule has 1 aliphatic carbocycles. The molecule has 0 radical (unpaired) electrons. The molecule has 1 saturated carbocycles. The highest BCUT2D eigenvalue weighted by Gasteiger charge is 2.13. The molecule has 1 N–H and O–H groups in total. The topological polar surface area (TPSA) is 40.0 Å². The van der Waals surface area contributed by atoms with Gasteiger partial charge in [-0.05, 0) is 31.9 Å². The maximum absolute atomic E-state index is 4.84. The number of hydrogen-bond donors (Lipinski definition) is 1. The van der Waals surface area contributed by atoms with E-state index in [1.54, 1.807) is 0 Å². The molecule has 2 rings (SSSR count). The average Bonchev–Trinajstić information content (AvgIpc) is 2.49. The molecule has 1 aromatic carbocycles. The highest BCUT2D eigenvalue weighted by atomic mass is 15.2. The lowest BCUT2D eigenvalue weighted by Gasteiger charge is -2.19. The molecule has 0 spiro atoms. The number of benzene rings is 1. The number of aliphatic imine (C=N–C) groups is 2. The third kappa shape index (κ3) is 5.21. The van der Waals surface area contributed by atoms with E-state index in [0.717, 1.165) is 17.5 Å². The Bertz CT molecular complexity index is 485. The fourth-order valence-corrected chi connectivity index (χ4v) is 2.38. The normalized spacial score (nSPS) is 17.7. The zero-order chi connectivity index (χ0) is 15.1. The van der Waals surface area contributed by atoms with Crippen LogP contribution in [-0.4, -0.2) is 36.8 Å². The summed E-state index contributed by atoms with van der Waals surface area (Å²) in [4.78, 5) is 11.5. The SMILES string of the molecule is CC(=NC(=NC1CCCCC1)Nc1ccccc1)N(C)C. The number of rotatable bonds is 2. The van der Waals surface area contributed by atoms with Gasteiger partial charge >= 0.3 is 0 Å². The summed E-state index contributed by atoms with van der Waals surface area (Å²) in [6.45, 7) is 2.00. The van der Waals surface area contributed by atoms with Gasteiger partial charge in [0.25, 0.3) is 0 Å². The largest absolute Gasteiger partial charge is 0.366 e. The van der Waals surface area contributed by atoms with E-state index in [1.165, 1.54) is 32.1 Å². The third-order valence-electron chi connectivity index (χ3n) is 3.82. The first-order chi connectivity index (χ1) is 10.1. The molecule has 0 bridgehead atoms. The van der Waals surface area contributed by atoms with Crippen molar-refractivity contribution in [1.82, 2.24) is 4.90 Å². The number of para-hydroxylation sites is 1. The molecule has 0 aliphatic heterocycles. The second-order valence-electron chi connectivity index (χ2n) is 5.79. The molecule has 0 amide bonds. The number of anilines is 1. The number of nitrogens with one attached hydrogen (secondary N) is 1. The monoisotopic (exact) mass is 286 g/mol. The van der Waals surface area contributed by atoms with Crippen molar-refractivity contribution in [2.24, 2.45) is 9.98 Å². The van der Waals surface area contributed by atoms with Crippen molar-refractivity contribution in [2.45, 2.75) is 45.1 Å². The molecule has 4 nitrogen and oxygen atoms in total. The summed E-state index contributed by atoms with van der Waals surface area (Å²) < 4.78 is 0. The Labute approximate surface area is 128 Å². The van der Waals surface area contributed by atoms with Gasteiger partial charge < -0.3 is 10.2 Å². The van der Waals surface area contributed by atoms with E-state index in [1.807, 2.05) is 56.3 Å². The lowest BCUT2D eigenvalue weighted by atomic mass is 9.96. The summed E-state index contributed by atoms with van der Waals surface area (Å²) in [5, 5.41) is 3.35.